The van der Waals surface area contributed by atoms with Crippen LogP contribution in [0.4, 0.5) is 0 Å². The largest absolute Gasteiger partial charge is 0.351 e. The van der Waals surface area contributed by atoms with Crippen molar-refractivity contribution < 1.29 is 4.79 Å². The van der Waals surface area contributed by atoms with Crippen LogP contribution in [0.15, 0.2) is 24.4 Å². The molecule has 1 fully saturated rings. The molecular weight excluding hydrogens is 286 g/mol. The second-order valence-electron chi connectivity index (χ2n) is 5.94. The summed E-state index contributed by atoms with van der Waals surface area (Å²) in [6.07, 6.45) is 6.53. The fraction of sp³-hybridized carbons (Fsp3) is 0.500. The lowest BCUT2D eigenvalue weighted by Crippen LogP contribution is -2.42. The van der Waals surface area contributed by atoms with Crippen LogP contribution in [-0.2, 0) is 11.3 Å². The predicted octanol–water partition coefficient (Wildman–Crippen LogP) is 3.38. The van der Waals surface area contributed by atoms with E-state index in [0.717, 1.165) is 17.3 Å². The Morgan fingerprint density at radius 2 is 2.24 bits per heavy atom. The van der Waals surface area contributed by atoms with Crippen molar-refractivity contribution in [2.45, 2.75) is 45.2 Å². The number of fused-ring (bicyclic) bond motifs is 1. The smallest absolute Gasteiger partial charge is 0.241 e. The minimum absolute atomic E-state index is 0.0266. The number of rotatable bonds is 3. The van der Waals surface area contributed by atoms with Crippen molar-refractivity contribution in [3.63, 3.8) is 0 Å². The van der Waals surface area contributed by atoms with Gasteiger partial charge in [0.25, 0.3) is 0 Å². The molecule has 2 atom stereocenters. The molecule has 21 heavy (non-hydrogen) atoms. The molecule has 5 heteroatoms. The molecule has 1 aliphatic carbocycles. The highest BCUT2D eigenvalue weighted by molar-refractivity contribution is 6.31. The van der Waals surface area contributed by atoms with E-state index in [1.165, 1.54) is 19.3 Å². The predicted molar refractivity (Wildman–Crippen MR) is 84.3 cm³/mol. The van der Waals surface area contributed by atoms with Crippen molar-refractivity contribution in [1.82, 2.24) is 15.1 Å². The number of amides is 1. The number of nitrogens with one attached hydrogen (secondary N) is 1. The molecule has 1 aromatic carbocycles. The Bertz CT molecular complexity index is 652. The summed E-state index contributed by atoms with van der Waals surface area (Å²) in [5.41, 5.74) is 0.898. The van der Waals surface area contributed by atoms with Crippen LogP contribution in [-0.4, -0.2) is 21.7 Å². The molecule has 2 unspecified atom stereocenters. The van der Waals surface area contributed by atoms with Crippen molar-refractivity contribution in [3.05, 3.63) is 29.4 Å². The van der Waals surface area contributed by atoms with Crippen molar-refractivity contribution >= 4 is 28.4 Å². The summed E-state index contributed by atoms with van der Waals surface area (Å²) in [4.78, 5) is 12.2. The quantitative estimate of drug-likeness (QED) is 0.945. The van der Waals surface area contributed by atoms with Gasteiger partial charge in [-0.2, -0.15) is 5.10 Å². The van der Waals surface area contributed by atoms with Gasteiger partial charge in [-0.15, -0.1) is 0 Å². The van der Waals surface area contributed by atoms with Crippen molar-refractivity contribution in [3.8, 4) is 0 Å². The average Bonchev–Trinajstić information content (AvgIpc) is 2.84. The summed E-state index contributed by atoms with van der Waals surface area (Å²) in [7, 11) is 0. The Kier molecular flexibility index (Phi) is 4.15. The van der Waals surface area contributed by atoms with Crippen molar-refractivity contribution in [1.29, 1.82) is 0 Å². The molecule has 0 bridgehead atoms. The molecule has 1 heterocycles. The normalized spacial score (nSPS) is 22.4. The van der Waals surface area contributed by atoms with Crippen molar-refractivity contribution in [2.24, 2.45) is 5.92 Å². The molecule has 1 aromatic heterocycles. The van der Waals surface area contributed by atoms with E-state index in [1.807, 2.05) is 18.2 Å². The van der Waals surface area contributed by atoms with Crippen LogP contribution in [0.2, 0.25) is 5.02 Å². The minimum Gasteiger partial charge on any atom is -0.351 e. The summed E-state index contributed by atoms with van der Waals surface area (Å²) in [6.45, 7) is 2.46. The lowest BCUT2D eigenvalue weighted by atomic mass is 9.86. The highest BCUT2D eigenvalue weighted by Gasteiger charge is 2.23. The number of hydrogen-bond donors (Lipinski definition) is 1. The fourth-order valence-corrected chi connectivity index (χ4v) is 3.26. The third kappa shape index (κ3) is 3.21. The first kappa shape index (κ1) is 14.4. The van der Waals surface area contributed by atoms with E-state index in [4.69, 9.17) is 11.6 Å². The minimum atomic E-state index is 0.0266. The Morgan fingerprint density at radius 1 is 1.43 bits per heavy atom. The third-order valence-corrected chi connectivity index (χ3v) is 4.59. The van der Waals surface area contributed by atoms with Crippen molar-refractivity contribution in [2.75, 3.05) is 0 Å². The molecule has 1 amide bonds. The van der Waals surface area contributed by atoms with Crippen LogP contribution in [0.1, 0.15) is 32.6 Å². The van der Waals surface area contributed by atoms with E-state index in [2.05, 4.69) is 17.3 Å². The van der Waals surface area contributed by atoms with Crippen LogP contribution < -0.4 is 5.32 Å². The standard InChI is InChI=1S/C16H20ClN3O/c1-11-4-2-3-5-14(11)19-16(21)10-20-15-8-13(17)7-6-12(15)9-18-20/h6-9,11,14H,2-5,10H2,1H3,(H,19,21). The van der Waals surface area contributed by atoms with Gasteiger partial charge in [0, 0.05) is 16.5 Å². The second-order valence-corrected chi connectivity index (χ2v) is 6.38. The van der Waals surface area contributed by atoms with Crippen LogP contribution >= 0.6 is 11.6 Å². The van der Waals surface area contributed by atoms with E-state index in [0.29, 0.717) is 17.0 Å². The van der Waals surface area contributed by atoms with E-state index in [9.17, 15) is 4.79 Å². The number of carbonyl (C=O) groups excluding carboxylic acids is 1. The van der Waals surface area contributed by atoms with Gasteiger partial charge in [-0.25, -0.2) is 0 Å². The van der Waals surface area contributed by atoms with Gasteiger partial charge < -0.3 is 5.32 Å². The topological polar surface area (TPSA) is 46.9 Å². The number of benzene rings is 1. The van der Waals surface area contributed by atoms with E-state index in [1.54, 1.807) is 10.9 Å². The monoisotopic (exact) mass is 305 g/mol. The maximum Gasteiger partial charge on any atom is 0.241 e. The average molecular weight is 306 g/mol. The Morgan fingerprint density at radius 3 is 3.05 bits per heavy atom. The molecular formula is C16H20ClN3O. The lowest BCUT2D eigenvalue weighted by Gasteiger charge is -2.29. The fourth-order valence-electron chi connectivity index (χ4n) is 3.09. The number of hydrogen-bond acceptors (Lipinski definition) is 2. The number of aromatic nitrogens is 2. The summed E-state index contributed by atoms with van der Waals surface area (Å²) in [6, 6.07) is 5.90. The zero-order valence-electron chi connectivity index (χ0n) is 12.2. The van der Waals surface area contributed by atoms with Crippen LogP contribution in [0.5, 0.6) is 0 Å². The molecule has 112 valence electrons. The summed E-state index contributed by atoms with van der Waals surface area (Å²) >= 11 is 6.02. The third-order valence-electron chi connectivity index (χ3n) is 4.36. The molecule has 0 saturated heterocycles. The first-order valence-electron chi connectivity index (χ1n) is 7.54. The highest BCUT2D eigenvalue weighted by atomic mass is 35.5. The molecule has 0 radical (unpaired) electrons. The molecule has 3 rings (SSSR count). The van der Waals surface area contributed by atoms with Gasteiger partial charge in [-0.3, -0.25) is 9.48 Å². The molecule has 1 saturated carbocycles. The zero-order valence-corrected chi connectivity index (χ0v) is 12.9. The SMILES string of the molecule is CC1CCCCC1NC(=O)Cn1ncc2ccc(Cl)cc21. The number of halogens is 1. The van der Waals surface area contributed by atoms with Gasteiger partial charge >= 0.3 is 0 Å². The maximum absolute atomic E-state index is 12.2. The Labute approximate surface area is 129 Å². The first-order chi connectivity index (χ1) is 10.1. The van der Waals surface area contributed by atoms with E-state index >= 15 is 0 Å². The molecule has 2 aromatic rings. The Balaban J connectivity index is 1.70. The van der Waals surface area contributed by atoms with Gasteiger partial charge in [0.15, 0.2) is 0 Å². The number of nitrogens with zero attached hydrogens (tertiary/aromatic N) is 2. The molecule has 1 aliphatic rings. The molecule has 4 nitrogen and oxygen atoms in total. The van der Waals surface area contributed by atoms with Gasteiger partial charge in [-0.05, 0) is 37.0 Å². The number of carbonyl (C=O) groups is 1. The van der Waals surface area contributed by atoms with Crippen LogP contribution in [0.3, 0.4) is 0 Å². The van der Waals surface area contributed by atoms with E-state index in [-0.39, 0.29) is 12.5 Å². The lowest BCUT2D eigenvalue weighted by molar-refractivity contribution is -0.123. The van der Waals surface area contributed by atoms with Gasteiger partial charge in [-0.1, -0.05) is 31.4 Å². The van der Waals surface area contributed by atoms with Gasteiger partial charge in [0.05, 0.1) is 11.7 Å². The highest BCUT2D eigenvalue weighted by Crippen LogP contribution is 2.24. The summed E-state index contributed by atoms with van der Waals surface area (Å²) < 4.78 is 1.71. The molecule has 0 aliphatic heterocycles. The summed E-state index contributed by atoms with van der Waals surface area (Å²) in [5, 5.41) is 9.10. The zero-order chi connectivity index (χ0) is 14.8. The molecule has 1 N–H and O–H groups in total. The molecule has 0 spiro atoms. The first-order valence-corrected chi connectivity index (χ1v) is 7.92. The maximum atomic E-state index is 12.2. The van der Waals surface area contributed by atoms with Crippen LogP contribution in [0.25, 0.3) is 10.9 Å². The Hall–Kier alpha value is -1.55. The second kappa shape index (κ2) is 6.06. The summed E-state index contributed by atoms with van der Waals surface area (Å²) in [5.74, 6) is 0.588. The van der Waals surface area contributed by atoms with Gasteiger partial charge in [0.2, 0.25) is 5.91 Å². The van der Waals surface area contributed by atoms with Crippen LogP contribution in [0, 0.1) is 5.92 Å². The van der Waals surface area contributed by atoms with E-state index < -0.39 is 0 Å². The van der Waals surface area contributed by atoms with Gasteiger partial charge in [0.1, 0.15) is 6.54 Å².